The number of carbonyl (C=O) groups is 2. The van der Waals surface area contributed by atoms with E-state index in [0.717, 1.165) is 16.0 Å². The molecule has 1 unspecified atom stereocenters. The number of likely N-dealkylation sites (N-methyl/N-ethyl adjacent to an activating group) is 1. The fourth-order valence-corrected chi connectivity index (χ4v) is 4.63. The number of nitrogens with zero attached hydrogens (tertiary/aromatic N) is 1. The molecule has 0 bridgehead atoms. The van der Waals surface area contributed by atoms with Gasteiger partial charge in [-0.25, -0.2) is 0 Å². The third kappa shape index (κ3) is 7.65. The number of rotatable bonds is 11. The van der Waals surface area contributed by atoms with Crippen LogP contribution in [0.3, 0.4) is 0 Å². The number of hydrogen-bond acceptors (Lipinski definition) is 3. The Kier molecular flexibility index (Phi) is 9.85. The molecule has 0 fully saturated rings. The zero-order valence-electron chi connectivity index (χ0n) is 18.7. The summed E-state index contributed by atoms with van der Waals surface area (Å²) in [4.78, 5) is 29.4. The van der Waals surface area contributed by atoms with Gasteiger partial charge in [0.2, 0.25) is 11.8 Å². The van der Waals surface area contributed by atoms with Crippen LogP contribution in [0.4, 0.5) is 0 Å². The van der Waals surface area contributed by atoms with E-state index in [1.54, 1.807) is 16.7 Å². The largest absolute Gasteiger partial charge is 0.355 e. The minimum atomic E-state index is -0.627. The molecule has 33 heavy (non-hydrogen) atoms. The Labute approximate surface area is 205 Å². The quantitative estimate of drug-likeness (QED) is 0.363. The minimum Gasteiger partial charge on any atom is -0.355 e. The second-order valence-corrected chi connectivity index (χ2v) is 9.20. The number of halogens is 1. The first-order chi connectivity index (χ1) is 16.1. The number of carbonyl (C=O) groups excluding carboxylic acids is 2. The van der Waals surface area contributed by atoms with Crippen LogP contribution in [0.5, 0.6) is 0 Å². The van der Waals surface area contributed by atoms with E-state index >= 15 is 0 Å². The van der Waals surface area contributed by atoms with Gasteiger partial charge in [0.25, 0.3) is 0 Å². The molecule has 3 rings (SSSR count). The molecule has 2 amide bonds. The van der Waals surface area contributed by atoms with Gasteiger partial charge in [0.1, 0.15) is 6.04 Å². The Morgan fingerprint density at radius 3 is 2.24 bits per heavy atom. The first-order valence-corrected chi connectivity index (χ1v) is 12.5. The van der Waals surface area contributed by atoms with Crippen LogP contribution < -0.4 is 5.32 Å². The summed E-state index contributed by atoms with van der Waals surface area (Å²) in [5.41, 5.74) is 1.83. The molecule has 6 heteroatoms. The van der Waals surface area contributed by atoms with Crippen LogP contribution in [0.15, 0.2) is 89.8 Å². The molecule has 0 aliphatic heterocycles. The standard InChI is InChI=1S/C27H29ClN2O2S/c1-2-29-27(32)25(19-21-11-5-3-6-12-21)30(20-22-13-9-10-16-24(22)28)26(31)17-18-33-23-14-7-4-8-15-23/h3-16,25H,2,17-20H2,1H3,(H,29,32). The molecule has 3 aromatic rings. The second kappa shape index (κ2) is 13.1. The summed E-state index contributed by atoms with van der Waals surface area (Å²) in [5.74, 6) is 0.415. The second-order valence-electron chi connectivity index (χ2n) is 7.62. The van der Waals surface area contributed by atoms with Crippen LogP contribution in [0.1, 0.15) is 24.5 Å². The van der Waals surface area contributed by atoms with Crippen LogP contribution in [0, 0.1) is 0 Å². The molecule has 0 saturated carbocycles. The van der Waals surface area contributed by atoms with Crippen LogP contribution in [-0.2, 0) is 22.6 Å². The maximum Gasteiger partial charge on any atom is 0.243 e. The highest BCUT2D eigenvalue weighted by molar-refractivity contribution is 7.99. The molecule has 0 aliphatic carbocycles. The van der Waals surface area contributed by atoms with Crippen molar-refractivity contribution in [3.8, 4) is 0 Å². The van der Waals surface area contributed by atoms with Gasteiger partial charge in [-0.3, -0.25) is 9.59 Å². The number of amides is 2. The van der Waals surface area contributed by atoms with Crippen LogP contribution >= 0.6 is 23.4 Å². The predicted molar refractivity (Wildman–Crippen MR) is 136 cm³/mol. The lowest BCUT2D eigenvalue weighted by atomic mass is 10.0. The molecule has 0 spiro atoms. The van der Waals surface area contributed by atoms with Crippen molar-refractivity contribution < 1.29 is 9.59 Å². The van der Waals surface area contributed by atoms with E-state index in [9.17, 15) is 9.59 Å². The Morgan fingerprint density at radius 1 is 0.939 bits per heavy atom. The topological polar surface area (TPSA) is 49.4 Å². The first kappa shape index (κ1) is 24.9. The van der Waals surface area contributed by atoms with E-state index in [-0.39, 0.29) is 18.4 Å². The smallest absolute Gasteiger partial charge is 0.243 e. The van der Waals surface area contributed by atoms with Gasteiger partial charge in [0.15, 0.2) is 0 Å². The summed E-state index contributed by atoms with van der Waals surface area (Å²) in [5, 5.41) is 3.50. The molecular weight excluding hydrogens is 452 g/mol. The third-order valence-electron chi connectivity index (χ3n) is 5.25. The average molecular weight is 481 g/mol. The van der Waals surface area contributed by atoms with Crippen molar-refractivity contribution in [1.82, 2.24) is 10.2 Å². The molecule has 4 nitrogen and oxygen atoms in total. The van der Waals surface area contributed by atoms with Gasteiger partial charge in [-0.2, -0.15) is 0 Å². The van der Waals surface area contributed by atoms with Gasteiger partial charge < -0.3 is 10.2 Å². The summed E-state index contributed by atoms with van der Waals surface area (Å²) in [7, 11) is 0. The maximum absolute atomic E-state index is 13.5. The van der Waals surface area contributed by atoms with E-state index in [1.807, 2.05) is 91.9 Å². The molecule has 1 N–H and O–H groups in total. The van der Waals surface area contributed by atoms with Crippen molar-refractivity contribution in [2.45, 2.75) is 37.2 Å². The van der Waals surface area contributed by atoms with E-state index in [4.69, 9.17) is 11.6 Å². The lowest BCUT2D eigenvalue weighted by Gasteiger charge is -2.31. The lowest BCUT2D eigenvalue weighted by Crippen LogP contribution is -2.50. The average Bonchev–Trinajstić information content (AvgIpc) is 2.84. The zero-order chi connectivity index (χ0) is 23.5. The van der Waals surface area contributed by atoms with E-state index in [2.05, 4.69) is 5.32 Å². The normalized spacial score (nSPS) is 11.6. The molecule has 172 valence electrons. The van der Waals surface area contributed by atoms with Gasteiger partial charge in [0.05, 0.1) is 0 Å². The lowest BCUT2D eigenvalue weighted by molar-refractivity contribution is -0.140. The fourth-order valence-electron chi connectivity index (χ4n) is 3.57. The van der Waals surface area contributed by atoms with Crippen molar-refractivity contribution in [3.63, 3.8) is 0 Å². The van der Waals surface area contributed by atoms with Crippen molar-refractivity contribution in [2.75, 3.05) is 12.3 Å². The summed E-state index contributed by atoms with van der Waals surface area (Å²) in [6, 6.07) is 26.6. The summed E-state index contributed by atoms with van der Waals surface area (Å²) >= 11 is 8.06. The maximum atomic E-state index is 13.5. The van der Waals surface area contributed by atoms with Crippen LogP contribution in [0.25, 0.3) is 0 Å². The van der Waals surface area contributed by atoms with Crippen molar-refractivity contribution in [3.05, 3.63) is 101 Å². The van der Waals surface area contributed by atoms with Gasteiger partial charge in [-0.1, -0.05) is 78.3 Å². The highest BCUT2D eigenvalue weighted by atomic mass is 35.5. The monoisotopic (exact) mass is 480 g/mol. The highest BCUT2D eigenvalue weighted by Gasteiger charge is 2.30. The number of benzene rings is 3. The van der Waals surface area contributed by atoms with Crippen LogP contribution in [0.2, 0.25) is 5.02 Å². The number of nitrogens with one attached hydrogen (secondary N) is 1. The van der Waals surface area contributed by atoms with E-state index in [0.29, 0.717) is 30.2 Å². The van der Waals surface area contributed by atoms with Crippen LogP contribution in [-0.4, -0.2) is 35.1 Å². The number of hydrogen-bond donors (Lipinski definition) is 1. The predicted octanol–water partition coefficient (Wildman–Crippen LogP) is 5.60. The molecule has 1 atom stereocenters. The Balaban J connectivity index is 1.84. The van der Waals surface area contributed by atoms with Gasteiger partial charge >= 0.3 is 0 Å². The SMILES string of the molecule is CCNC(=O)C(Cc1ccccc1)N(Cc1ccccc1Cl)C(=O)CCSc1ccccc1. The molecule has 0 saturated heterocycles. The fraction of sp³-hybridized carbons (Fsp3) is 0.259. The van der Waals surface area contributed by atoms with E-state index < -0.39 is 6.04 Å². The molecule has 0 aliphatic rings. The molecule has 0 radical (unpaired) electrons. The first-order valence-electron chi connectivity index (χ1n) is 11.1. The van der Waals surface area contributed by atoms with Crippen molar-refractivity contribution in [1.29, 1.82) is 0 Å². The zero-order valence-corrected chi connectivity index (χ0v) is 20.3. The number of thioether (sulfide) groups is 1. The third-order valence-corrected chi connectivity index (χ3v) is 6.63. The Hall–Kier alpha value is -2.76. The summed E-state index contributed by atoms with van der Waals surface area (Å²) in [6.07, 6.45) is 0.767. The van der Waals surface area contributed by atoms with Gasteiger partial charge in [-0.15, -0.1) is 11.8 Å². The van der Waals surface area contributed by atoms with Crippen molar-refractivity contribution >= 4 is 35.2 Å². The Morgan fingerprint density at radius 2 is 1.58 bits per heavy atom. The molecular formula is C27H29ClN2O2S. The molecule has 3 aromatic carbocycles. The van der Waals surface area contributed by atoms with Crippen molar-refractivity contribution in [2.24, 2.45) is 0 Å². The summed E-state index contributed by atoms with van der Waals surface area (Å²) in [6.45, 7) is 2.67. The Bertz CT molecular complexity index is 1030. The van der Waals surface area contributed by atoms with E-state index in [1.165, 1.54) is 0 Å². The van der Waals surface area contributed by atoms with Gasteiger partial charge in [0, 0.05) is 41.6 Å². The minimum absolute atomic E-state index is 0.0643. The molecule has 0 aromatic heterocycles. The molecule has 0 heterocycles. The van der Waals surface area contributed by atoms with Gasteiger partial charge in [-0.05, 0) is 36.2 Å². The highest BCUT2D eigenvalue weighted by Crippen LogP contribution is 2.23. The summed E-state index contributed by atoms with van der Waals surface area (Å²) < 4.78 is 0.